The highest BCUT2D eigenvalue weighted by Crippen LogP contribution is 2.11. The first-order valence-electron chi connectivity index (χ1n) is 12.3. The van der Waals surface area contributed by atoms with Crippen LogP contribution in [0.15, 0.2) is 0 Å². The summed E-state index contributed by atoms with van der Waals surface area (Å²) in [5, 5.41) is 52.7. The van der Waals surface area contributed by atoms with E-state index in [4.69, 9.17) is 5.11 Å². The molecule has 186 valence electrons. The quantitative estimate of drug-likeness (QED) is 0.123. The van der Waals surface area contributed by atoms with E-state index in [0.717, 1.165) is 19.5 Å². The molecule has 0 saturated carbocycles. The zero-order chi connectivity index (χ0) is 23.3. The molecule has 0 spiro atoms. The number of carbonyl (C=O) groups is 1. The maximum Gasteiger partial charge on any atom is 0.251 e. The molecule has 0 aromatic heterocycles. The van der Waals surface area contributed by atoms with Crippen LogP contribution in [0.2, 0.25) is 0 Å². The van der Waals surface area contributed by atoms with E-state index in [-0.39, 0.29) is 0 Å². The van der Waals surface area contributed by atoms with Crippen molar-refractivity contribution in [1.82, 2.24) is 10.6 Å². The molecule has 31 heavy (non-hydrogen) atoms. The van der Waals surface area contributed by atoms with Crippen LogP contribution >= 0.6 is 0 Å². The first kappa shape index (κ1) is 30.2. The summed E-state index contributed by atoms with van der Waals surface area (Å²) >= 11 is 0. The molecule has 8 heteroatoms. The molecule has 0 aliphatic rings. The molecule has 0 unspecified atom stereocenters. The molecule has 1 amide bonds. The third kappa shape index (κ3) is 16.5. The first-order valence-corrected chi connectivity index (χ1v) is 12.3. The number of aliphatic hydroxyl groups excluding tert-OH is 5. The lowest BCUT2D eigenvalue weighted by atomic mass is 10.0. The fourth-order valence-electron chi connectivity index (χ4n) is 3.42. The topological polar surface area (TPSA) is 142 Å². The van der Waals surface area contributed by atoms with Gasteiger partial charge in [-0.3, -0.25) is 4.79 Å². The van der Waals surface area contributed by atoms with Gasteiger partial charge in [0.2, 0.25) is 0 Å². The number of hydrogen-bond donors (Lipinski definition) is 7. The molecular weight excluding hydrogens is 400 g/mol. The van der Waals surface area contributed by atoms with E-state index in [1.54, 1.807) is 0 Å². The summed E-state index contributed by atoms with van der Waals surface area (Å²) in [5.74, 6) is -0.822. The van der Waals surface area contributed by atoms with E-state index in [9.17, 15) is 25.2 Å². The Morgan fingerprint density at radius 2 is 1.16 bits per heavy atom. The Labute approximate surface area is 188 Å². The molecule has 0 aromatic carbocycles. The average Bonchev–Trinajstić information content (AvgIpc) is 2.78. The van der Waals surface area contributed by atoms with Gasteiger partial charge >= 0.3 is 0 Å². The Bertz CT molecular complexity index is 414. The summed E-state index contributed by atoms with van der Waals surface area (Å²) < 4.78 is 0. The van der Waals surface area contributed by atoms with Crippen molar-refractivity contribution >= 4 is 5.91 Å². The number of hydrogen-bond acceptors (Lipinski definition) is 7. The highest BCUT2D eigenvalue weighted by Gasteiger charge is 2.33. The van der Waals surface area contributed by atoms with Crippen molar-refractivity contribution in [2.45, 2.75) is 115 Å². The third-order valence-corrected chi connectivity index (χ3v) is 5.56. The minimum absolute atomic E-state index is 0.326. The van der Waals surface area contributed by atoms with E-state index in [1.165, 1.54) is 70.6 Å². The Hall–Kier alpha value is -0.770. The van der Waals surface area contributed by atoms with Crippen LogP contribution in [0.1, 0.15) is 90.4 Å². The number of nitrogens with one attached hydrogen (secondary N) is 2. The Morgan fingerprint density at radius 1 is 0.677 bits per heavy atom. The molecule has 0 radical (unpaired) electrons. The van der Waals surface area contributed by atoms with Crippen molar-refractivity contribution < 1.29 is 30.3 Å². The molecule has 0 heterocycles. The Balaban J connectivity index is 3.45. The van der Waals surface area contributed by atoms with Gasteiger partial charge < -0.3 is 36.2 Å². The van der Waals surface area contributed by atoms with Gasteiger partial charge in [0.1, 0.15) is 18.3 Å². The van der Waals surface area contributed by atoms with Crippen molar-refractivity contribution in [1.29, 1.82) is 0 Å². The summed E-state index contributed by atoms with van der Waals surface area (Å²) in [6, 6.07) is 0. The largest absolute Gasteiger partial charge is 0.394 e. The fraction of sp³-hybridized carbons (Fsp3) is 0.957. The summed E-state index contributed by atoms with van der Waals surface area (Å²) in [4.78, 5) is 11.8. The highest BCUT2D eigenvalue weighted by atomic mass is 16.4. The molecule has 0 saturated heterocycles. The fourth-order valence-corrected chi connectivity index (χ4v) is 3.42. The molecule has 0 fully saturated rings. The van der Waals surface area contributed by atoms with Crippen molar-refractivity contribution in [3.8, 4) is 0 Å². The van der Waals surface area contributed by atoms with Crippen LogP contribution in [0, 0.1) is 0 Å². The van der Waals surface area contributed by atoms with E-state index in [1.807, 2.05) is 0 Å². The van der Waals surface area contributed by atoms with Crippen LogP contribution in [0.3, 0.4) is 0 Å². The highest BCUT2D eigenvalue weighted by molar-refractivity contribution is 5.81. The van der Waals surface area contributed by atoms with Gasteiger partial charge in [-0.2, -0.15) is 0 Å². The molecule has 4 atom stereocenters. The molecule has 0 aromatic rings. The van der Waals surface area contributed by atoms with Crippen LogP contribution < -0.4 is 10.6 Å². The lowest BCUT2D eigenvalue weighted by molar-refractivity contribution is -0.148. The van der Waals surface area contributed by atoms with Crippen LogP contribution in [0.25, 0.3) is 0 Å². The summed E-state index contributed by atoms with van der Waals surface area (Å²) in [7, 11) is 0. The molecule has 7 N–H and O–H groups in total. The zero-order valence-corrected chi connectivity index (χ0v) is 19.5. The minimum Gasteiger partial charge on any atom is -0.394 e. The summed E-state index contributed by atoms with van der Waals surface area (Å²) in [5.41, 5.74) is 0. The molecule has 0 aliphatic carbocycles. The maximum atomic E-state index is 11.8. The van der Waals surface area contributed by atoms with Gasteiger partial charge in [-0.25, -0.2) is 0 Å². The lowest BCUT2D eigenvalue weighted by Gasteiger charge is -2.24. The number of carbonyl (C=O) groups excluding carboxylic acids is 1. The maximum absolute atomic E-state index is 11.8. The zero-order valence-electron chi connectivity index (χ0n) is 19.5. The number of aliphatic hydroxyl groups is 5. The van der Waals surface area contributed by atoms with Crippen molar-refractivity contribution in [2.75, 3.05) is 26.2 Å². The second kappa shape index (κ2) is 21.1. The molecular formula is C23H48N2O6. The number of amides is 1. The smallest absolute Gasteiger partial charge is 0.251 e. The van der Waals surface area contributed by atoms with E-state index < -0.39 is 36.9 Å². The van der Waals surface area contributed by atoms with Crippen LogP contribution in [0.4, 0.5) is 0 Å². The standard InChI is InChI=1S/C23H48N2O6/c1-2-3-4-5-6-7-8-9-10-11-12-13-15-24-16-14-17-25-23(31)22(30)21(29)20(28)19(27)18-26/h19-22,24,26-30H,2-18H2,1H3,(H,25,31)/t19-,20-,21+,22-/m1/s1. The van der Waals surface area contributed by atoms with Gasteiger partial charge in [-0.1, -0.05) is 77.6 Å². The molecule has 8 nitrogen and oxygen atoms in total. The van der Waals surface area contributed by atoms with Gasteiger partial charge in [0.05, 0.1) is 6.61 Å². The second-order valence-electron chi connectivity index (χ2n) is 8.46. The van der Waals surface area contributed by atoms with Crippen molar-refractivity contribution in [2.24, 2.45) is 0 Å². The summed E-state index contributed by atoms with van der Waals surface area (Å²) in [6.07, 6.45) is 9.42. The van der Waals surface area contributed by atoms with Gasteiger partial charge in [-0.15, -0.1) is 0 Å². The normalized spacial score (nSPS) is 15.4. The van der Waals surface area contributed by atoms with Crippen molar-refractivity contribution in [3.05, 3.63) is 0 Å². The SMILES string of the molecule is CCCCCCCCCCCCCCNCCCNC(=O)[C@H](O)[C@@H](O)[C@H](O)[C@H](O)CO. The van der Waals surface area contributed by atoms with Crippen LogP contribution in [-0.4, -0.2) is 82.1 Å². The predicted molar refractivity (Wildman–Crippen MR) is 123 cm³/mol. The first-order chi connectivity index (χ1) is 15.0. The third-order valence-electron chi connectivity index (χ3n) is 5.56. The van der Waals surface area contributed by atoms with Gasteiger partial charge in [-0.05, 0) is 25.9 Å². The minimum atomic E-state index is -1.87. The average molecular weight is 449 g/mol. The number of rotatable bonds is 22. The molecule has 0 aliphatic heterocycles. The van der Waals surface area contributed by atoms with Gasteiger partial charge in [0.15, 0.2) is 6.10 Å². The van der Waals surface area contributed by atoms with Gasteiger partial charge in [0.25, 0.3) is 5.91 Å². The monoisotopic (exact) mass is 448 g/mol. The Kier molecular flexibility index (Phi) is 20.6. The molecule has 0 bridgehead atoms. The number of unbranched alkanes of at least 4 members (excludes halogenated alkanes) is 11. The Morgan fingerprint density at radius 3 is 1.68 bits per heavy atom. The van der Waals surface area contributed by atoms with E-state index in [0.29, 0.717) is 13.0 Å². The lowest BCUT2D eigenvalue weighted by Crippen LogP contribution is -2.51. The predicted octanol–water partition coefficient (Wildman–Crippen LogP) is 1.22. The van der Waals surface area contributed by atoms with Crippen LogP contribution in [-0.2, 0) is 4.79 Å². The summed E-state index contributed by atoms with van der Waals surface area (Å²) in [6.45, 7) is 3.48. The second-order valence-corrected chi connectivity index (χ2v) is 8.46. The van der Waals surface area contributed by atoms with E-state index in [2.05, 4.69) is 17.6 Å². The van der Waals surface area contributed by atoms with Crippen molar-refractivity contribution in [3.63, 3.8) is 0 Å². The van der Waals surface area contributed by atoms with E-state index >= 15 is 0 Å². The van der Waals surface area contributed by atoms with Crippen LogP contribution in [0.5, 0.6) is 0 Å². The molecule has 0 rings (SSSR count). The van der Waals surface area contributed by atoms with Gasteiger partial charge in [0, 0.05) is 6.54 Å².